The van der Waals surface area contributed by atoms with Crippen molar-refractivity contribution in [3.8, 4) is 5.75 Å². The predicted molar refractivity (Wildman–Crippen MR) is 96.1 cm³/mol. The van der Waals surface area contributed by atoms with Gasteiger partial charge in [0, 0.05) is 17.7 Å². The topological polar surface area (TPSA) is 50.4 Å². The van der Waals surface area contributed by atoms with Gasteiger partial charge < -0.3 is 15.4 Å². The average molecular weight is 324 g/mol. The van der Waals surface area contributed by atoms with E-state index in [0.717, 1.165) is 30.1 Å². The number of ether oxygens (including phenoxy) is 1. The molecule has 2 aromatic rings. The minimum absolute atomic E-state index is 0.0165. The number of nitrogens with one attached hydrogen (secondary N) is 2. The predicted octanol–water partition coefficient (Wildman–Crippen LogP) is 3.37. The summed E-state index contributed by atoms with van der Waals surface area (Å²) >= 11 is 0. The maximum Gasteiger partial charge on any atom is 0.227 e. The Hall–Kier alpha value is -2.33. The van der Waals surface area contributed by atoms with E-state index in [1.165, 1.54) is 5.56 Å². The Balaban J connectivity index is 1.59. The normalized spacial score (nSPS) is 15.4. The van der Waals surface area contributed by atoms with Crippen molar-refractivity contribution in [2.45, 2.75) is 20.5 Å². The van der Waals surface area contributed by atoms with Gasteiger partial charge in [0.1, 0.15) is 12.4 Å². The van der Waals surface area contributed by atoms with Crippen LogP contribution in [0.15, 0.2) is 48.5 Å². The smallest absolute Gasteiger partial charge is 0.227 e. The van der Waals surface area contributed by atoms with E-state index in [2.05, 4.69) is 29.7 Å². The fraction of sp³-hybridized carbons (Fsp3) is 0.350. The van der Waals surface area contributed by atoms with Crippen LogP contribution in [-0.2, 0) is 11.4 Å². The zero-order valence-corrected chi connectivity index (χ0v) is 14.2. The summed E-state index contributed by atoms with van der Waals surface area (Å²) in [5.74, 6) is 1.28. The molecule has 2 N–H and O–H groups in total. The molecule has 24 heavy (non-hydrogen) atoms. The molecule has 0 saturated carbocycles. The standard InChI is InChI=1S/C20H24N2O2/c1-14-6-3-4-7-16(14)13-24-19-9-5-8-18(10-19)22-20(23)15(2)17-11-21-12-17/h3-10,15,17,21H,11-13H2,1-2H3,(H,22,23). The van der Waals surface area contributed by atoms with E-state index in [0.29, 0.717) is 12.5 Å². The SMILES string of the molecule is Cc1ccccc1COc1cccc(NC(=O)C(C)C2CNC2)c1. The molecular formula is C20H24N2O2. The van der Waals surface area contributed by atoms with E-state index in [1.54, 1.807) is 0 Å². The number of amides is 1. The highest BCUT2D eigenvalue weighted by Crippen LogP contribution is 2.22. The van der Waals surface area contributed by atoms with E-state index in [4.69, 9.17) is 4.74 Å². The van der Waals surface area contributed by atoms with E-state index in [1.807, 2.05) is 43.3 Å². The minimum atomic E-state index is 0.0165. The molecule has 0 aromatic heterocycles. The summed E-state index contributed by atoms with van der Waals surface area (Å²) in [5, 5.41) is 6.20. The van der Waals surface area contributed by atoms with Gasteiger partial charge >= 0.3 is 0 Å². The zero-order chi connectivity index (χ0) is 16.9. The van der Waals surface area contributed by atoms with Gasteiger partial charge in [-0.05, 0) is 49.2 Å². The second-order valence-corrected chi connectivity index (χ2v) is 6.44. The fourth-order valence-electron chi connectivity index (χ4n) is 2.73. The summed E-state index contributed by atoms with van der Waals surface area (Å²) in [6.45, 7) is 6.43. The van der Waals surface area contributed by atoms with Crippen LogP contribution >= 0.6 is 0 Å². The van der Waals surface area contributed by atoms with Crippen molar-refractivity contribution < 1.29 is 9.53 Å². The molecular weight excluding hydrogens is 300 g/mol. The van der Waals surface area contributed by atoms with Gasteiger partial charge in [-0.2, -0.15) is 0 Å². The third-order valence-corrected chi connectivity index (χ3v) is 4.69. The van der Waals surface area contributed by atoms with Crippen LogP contribution in [0.3, 0.4) is 0 Å². The van der Waals surface area contributed by atoms with Crippen LogP contribution < -0.4 is 15.4 Å². The van der Waals surface area contributed by atoms with Gasteiger partial charge in [0.15, 0.2) is 0 Å². The molecule has 1 unspecified atom stereocenters. The van der Waals surface area contributed by atoms with E-state index >= 15 is 0 Å². The third kappa shape index (κ3) is 3.95. The summed E-state index contributed by atoms with van der Waals surface area (Å²) < 4.78 is 5.87. The number of aryl methyl sites for hydroxylation is 1. The molecule has 1 aliphatic heterocycles. The molecule has 1 saturated heterocycles. The van der Waals surface area contributed by atoms with Gasteiger partial charge in [-0.15, -0.1) is 0 Å². The van der Waals surface area contributed by atoms with Crippen LogP contribution in [0, 0.1) is 18.8 Å². The molecule has 0 bridgehead atoms. The molecule has 1 heterocycles. The highest BCUT2D eigenvalue weighted by molar-refractivity contribution is 5.92. The molecule has 4 heteroatoms. The Morgan fingerprint density at radius 1 is 1.25 bits per heavy atom. The van der Waals surface area contributed by atoms with Crippen molar-refractivity contribution in [2.75, 3.05) is 18.4 Å². The summed E-state index contributed by atoms with van der Waals surface area (Å²) in [4.78, 5) is 12.3. The monoisotopic (exact) mass is 324 g/mol. The lowest BCUT2D eigenvalue weighted by Gasteiger charge is -2.31. The summed E-state index contributed by atoms with van der Waals surface area (Å²) in [6, 6.07) is 15.8. The summed E-state index contributed by atoms with van der Waals surface area (Å²) in [7, 11) is 0. The highest BCUT2D eigenvalue weighted by Gasteiger charge is 2.28. The molecule has 3 rings (SSSR count). The van der Waals surface area contributed by atoms with Crippen LogP contribution in [0.1, 0.15) is 18.1 Å². The van der Waals surface area contributed by atoms with Crippen LogP contribution in [0.2, 0.25) is 0 Å². The van der Waals surface area contributed by atoms with Gasteiger partial charge in [0.2, 0.25) is 5.91 Å². The summed E-state index contributed by atoms with van der Waals surface area (Å²) in [6.07, 6.45) is 0. The Morgan fingerprint density at radius 3 is 2.75 bits per heavy atom. The van der Waals surface area contributed by atoms with Crippen molar-refractivity contribution in [3.63, 3.8) is 0 Å². The van der Waals surface area contributed by atoms with Crippen molar-refractivity contribution in [1.29, 1.82) is 0 Å². The first-order valence-corrected chi connectivity index (χ1v) is 8.42. The fourth-order valence-corrected chi connectivity index (χ4v) is 2.73. The second-order valence-electron chi connectivity index (χ2n) is 6.44. The van der Waals surface area contributed by atoms with Gasteiger partial charge in [-0.25, -0.2) is 0 Å². The lowest BCUT2D eigenvalue weighted by atomic mass is 9.88. The maximum absolute atomic E-state index is 12.3. The molecule has 126 valence electrons. The number of hydrogen-bond donors (Lipinski definition) is 2. The number of benzene rings is 2. The van der Waals surface area contributed by atoms with Crippen molar-refractivity contribution in [3.05, 3.63) is 59.7 Å². The number of hydrogen-bond acceptors (Lipinski definition) is 3. The Kier molecular flexibility index (Phi) is 5.16. The first-order valence-electron chi connectivity index (χ1n) is 8.42. The lowest BCUT2D eigenvalue weighted by Crippen LogP contribution is -2.48. The maximum atomic E-state index is 12.3. The average Bonchev–Trinajstić information content (AvgIpc) is 2.53. The van der Waals surface area contributed by atoms with Gasteiger partial charge in [-0.3, -0.25) is 4.79 Å². The quantitative estimate of drug-likeness (QED) is 0.856. The largest absolute Gasteiger partial charge is 0.489 e. The van der Waals surface area contributed by atoms with E-state index < -0.39 is 0 Å². The molecule has 4 nitrogen and oxygen atoms in total. The van der Waals surface area contributed by atoms with Gasteiger partial charge in [0.05, 0.1) is 0 Å². The number of carbonyl (C=O) groups excluding carboxylic acids is 1. The Labute approximate surface area is 143 Å². The minimum Gasteiger partial charge on any atom is -0.489 e. The number of rotatable bonds is 6. The molecule has 1 fully saturated rings. The molecule has 1 aliphatic rings. The highest BCUT2D eigenvalue weighted by atomic mass is 16.5. The van der Waals surface area contributed by atoms with E-state index in [-0.39, 0.29) is 11.8 Å². The zero-order valence-electron chi connectivity index (χ0n) is 14.2. The van der Waals surface area contributed by atoms with E-state index in [9.17, 15) is 4.79 Å². The first-order chi connectivity index (χ1) is 11.6. The van der Waals surface area contributed by atoms with Crippen LogP contribution in [-0.4, -0.2) is 19.0 Å². The molecule has 1 amide bonds. The lowest BCUT2D eigenvalue weighted by molar-refractivity contribution is -0.121. The van der Waals surface area contributed by atoms with Crippen LogP contribution in [0.5, 0.6) is 5.75 Å². The van der Waals surface area contributed by atoms with Crippen molar-refractivity contribution >= 4 is 11.6 Å². The molecule has 0 spiro atoms. The summed E-state index contributed by atoms with van der Waals surface area (Å²) in [5.41, 5.74) is 3.16. The first kappa shape index (κ1) is 16.5. The van der Waals surface area contributed by atoms with Gasteiger partial charge in [0.25, 0.3) is 0 Å². The molecule has 2 aromatic carbocycles. The molecule has 0 aliphatic carbocycles. The molecule has 0 radical (unpaired) electrons. The van der Waals surface area contributed by atoms with Crippen molar-refractivity contribution in [2.24, 2.45) is 11.8 Å². The van der Waals surface area contributed by atoms with Crippen molar-refractivity contribution in [1.82, 2.24) is 5.32 Å². The Bertz CT molecular complexity index is 710. The third-order valence-electron chi connectivity index (χ3n) is 4.69. The van der Waals surface area contributed by atoms with Gasteiger partial charge in [-0.1, -0.05) is 37.3 Å². The number of carbonyl (C=O) groups is 1. The number of anilines is 1. The second kappa shape index (κ2) is 7.49. The molecule has 1 atom stereocenters. The van der Waals surface area contributed by atoms with Crippen LogP contribution in [0.25, 0.3) is 0 Å². The Morgan fingerprint density at radius 2 is 2.04 bits per heavy atom. The van der Waals surface area contributed by atoms with Crippen LogP contribution in [0.4, 0.5) is 5.69 Å².